The van der Waals surface area contributed by atoms with Gasteiger partial charge in [0.15, 0.2) is 12.2 Å². The van der Waals surface area contributed by atoms with Crippen molar-refractivity contribution in [2.45, 2.75) is 329 Å². The molecule has 0 amide bonds. The summed E-state index contributed by atoms with van der Waals surface area (Å²) in [7, 11) is -9.95. The standard InChI is InChI=1S/C77H134O17P2/c1-5-9-13-17-21-25-29-31-33-35-37-39-43-45-49-53-57-61-74(79)87-67-72(93-76(81)63-59-55-51-47-41-27-23-19-15-11-7-3)69-91-95(83,84)89-65-71(78)66-90-96(85,86)92-70-73(94-77(82)64-60-56-52-48-42-28-24-20-16-12-8-4)68-88-75(80)62-58-54-50-46-44-40-38-36-34-32-30-26-22-18-14-10-6-2/h9-10,13-14,19-26,31-34,71-73,78H,5-8,11-12,15-18,27-30,35-70H2,1-4H3,(H,83,84)(H,85,86)/b13-9-,14-10-,23-19-,24-20-,25-21-,26-22-,33-31-,34-32-. The van der Waals surface area contributed by atoms with Crippen molar-refractivity contribution in [1.82, 2.24) is 0 Å². The second kappa shape index (κ2) is 69.5. The highest BCUT2D eigenvalue weighted by Crippen LogP contribution is 2.45. The summed E-state index contributed by atoms with van der Waals surface area (Å²) in [5.74, 6) is -2.21. The highest BCUT2D eigenvalue weighted by molar-refractivity contribution is 7.47. The molecule has 0 aromatic rings. The second-order valence-corrected chi connectivity index (χ2v) is 27.7. The van der Waals surface area contributed by atoms with Gasteiger partial charge in [-0.25, -0.2) is 9.13 Å². The molecule has 0 fully saturated rings. The van der Waals surface area contributed by atoms with E-state index in [1.54, 1.807) is 0 Å². The maximum atomic E-state index is 13.0. The smallest absolute Gasteiger partial charge is 0.462 e. The predicted molar refractivity (Wildman–Crippen MR) is 390 cm³/mol. The van der Waals surface area contributed by atoms with Gasteiger partial charge in [0, 0.05) is 25.7 Å². The molecule has 0 aromatic carbocycles. The maximum absolute atomic E-state index is 13.0. The Labute approximate surface area is 582 Å². The molecule has 4 unspecified atom stereocenters. The summed E-state index contributed by atoms with van der Waals surface area (Å²) in [6.45, 7) is 4.54. The molecule has 0 radical (unpaired) electrons. The number of phosphoric acid groups is 2. The number of unbranched alkanes of at least 4 members (excludes halogenated alkanes) is 28. The molecule has 0 saturated heterocycles. The second-order valence-electron chi connectivity index (χ2n) is 24.8. The number of phosphoric ester groups is 2. The van der Waals surface area contributed by atoms with Crippen molar-refractivity contribution in [3.8, 4) is 0 Å². The van der Waals surface area contributed by atoms with Crippen LogP contribution in [0.3, 0.4) is 0 Å². The normalized spacial score (nSPS) is 14.5. The Morgan fingerprint density at radius 3 is 0.844 bits per heavy atom. The molecule has 4 atom stereocenters. The third-order valence-electron chi connectivity index (χ3n) is 15.5. The van der Waals surface area contributed by atoms with Crippen molar-refractivity contribution in [3.63, 3.8) is 0 Å². The van der Waals surface area contributed by atoms with E-state index in [-0.39, 0.29) is 25.7 Å². The zero-order valence-electron chi connectivity index (χ0n) is 60.3. The van der Waals surface area contributed by atoms with Gasteiger partial charge in [-0.15, -0.1) is 0 Å². The van der Waals surface area contributed by atoms with Crippen LogP contribution in [0.1, 0.15) is 310 Å². The van der Waals surface area contributed by atoms with Crippen LogP contribution in [0.2, 0.25) is 0 Å². The van der Waals surface area contributed by atoms with Crippen LogP contribution >= 0.6 is 15.6 Å². The van der Waals surface area contributed by atoms with E-state index in [2.05, 4.69) is 125 Å². The first-order chi connectivity index (χ1) is 46.7. The highest BCUT2D eigenvalue weighted by Gasteiger charge is 2.30. The molecule has 0 aliphatic rings. The lowest BCUT2D eigenvalue weighted by Crippen LogP contribution is -2.30. The summed E-state index contributed by atoms with van der Waals surface area (Å²) >= 11 is 0. The van der Waals surface area contributed by atoms with Gasteiger partial charge in [-0.3, -0.25) is 37.3 Å². The Bertz CT molecular complexity index is 2050. The van der Waals surface area contributed by atoms with Gasteiger partial charge in [-0.05, 0) is 128 Å². The third-order valence-corrected chi connectivity index (χ3v) is 17.4. The van der Waals surface area contributed by atoms with Crippen LogP contribution in [0.25, 0.3) is 0 Å². The molecular weight excluding hydrogens is 1260 g/mol. The summed E-state index contributed by atoms with van der Waals surface area (Å²) in [4.78, 5) is 72.7. The first-order valence-electron chi connectivity index (χ1n) is 37.5. The Morgan fingerprint density at radius 1 is 0.302 bits per heavy atom. The molecule has 0 aliphatic heterocycles. The number of carbonyl (C=O) groups is 4. The maximum Gasteiger partial charge on any atom is 0.472 e. The van der Waals surface area contributed by atoms with Gasteiger partial charge < -0.3 is 33.8 Å². The van der Waals surface area contributed by atoms with Crippen LogP contribution in [0, 0.1) is 0 Å². The number of hydrogen-bond donors (Lipinski definition) is 3. The largest absolute Gasteiger partial charge is 0.472 e. The lowest BCUT2D eigenvalue weighted by atomic mass is 10.1. The van der Waals surface area contributed by atoms with Gasteiger partial charge in [0.2, 0.25) is 0 Å². The number of carbonyl (C=O) groups excluding carboxylic acids is 4. The van der Waals surface area contributed by atoms with Gasteiger partial charge >= 0.3 is 39.5 Å². The number of esters is 4. The van der Waals surface area contributed by atoms with Crippen LogP contribution < -0.4 is 0 Å². The average molecular weight is 1390 g/mol. The van der Waals surface area contributed by atoms with E-state index in [4.69, 9.17) is 37.0 Å². The van der Waals surface area contributed by atoms with Crippen LogP contribution in [0.15, 0.2) is 97.2 Å². The summed E-state index contributed by atoms with van der Waals surface area (Å²) < 4.78 is 68.3. The number of allylic oxidation sites excluding steroid dienone is 16. The van der Waals surface area contributed by atoms with Crippen molar-refractivity contribution in [2.75, 3.05) is 39.6 Å². The minimum absolute atomic E-state index is 0.0824. The van der Waals surface area contributed by atoms with Crippen LogP contribution in [-0.2, 0) is 65.4 Å². The topological polar surface area (TPSA) is 237 Å². The zero-order valence-corrected chi connectivity index (χ0v) is 62.1. The molecule has 0 bridgehead atoms. The van der Waals surface area contributed by atoms with E-state index in [1.807, 2.05) is 0 Å². The third kappa shape index (κ3) is 68.5. The Hall–Kier alpha value is -4.02. The fourth-order valence-electron chi connectivity index (χ4n) is 9.80. The fourth-order valence-corrected chi connectivity index (χ4v) is 11.4. The summed E-state index contributed by atoms with van der Waals surface area (Å²) in [6, 6.07) is 0. The van der Waals surface area contributed by atoms with Crippen molar-refractivity contribution in [3.05, 3.63) is 97.2 Å². The number of ether oxygens (including phenoxy) is 4. The molecule has 17 nitrogen and oxygen atoms in total. The molecule has 554 valence electrons. The molecule has 0 rings (SSSR count). The Morgan fingerprint density at radius 2 is 0.542 bits per heavy atom. The molecule has 0 spiro atoms. The van der Waals surface area contributed by atoms with Crippen molar-refractivity contribution < 1.29 is 80.2 Å². The zero-order chi connectivity index (χ0) is 70.4. The molecule has 96 heavy (non-hydrogen) atoms. The predicted octanol–water partition coefficient (Wildman–Crippen LogP) is 21.2. The molecule has 0 heterocycles. The minimum Gasteiger partial charge on any atom is -0.462 e. The minimum atomic E-state index is -4.97. The molecule has 19 heteroatoms. The number of rotatable bonds is 70. The monoisotopic (exact) mass is 1390 g/mol. The van der Waals surface area contributed by atoms with E-state index < -0.39 is 97.5 Å². The summed E-state index contributed by atoms with van der Waals surface area (Å²) in [6.07, 6.45) is 71.2. The highest BCUT2D eigenvalue weighted by atomic mass is 31.2. The van der Waals surface area contributed by atoms with Gasteiger partial charge in [-0.1, -0.05) is 253 Å². The lowest BCUT2D eigenvalue weighted by molar-refractivity contribution is -0.161. The molecular formula is C77H134O17P2. The SMILES string of the molecule is CC/C=C\C/C=C\C/C=C\CCCCCCCCCC(=O)OCC(COP(=O)(O)OCC(O)COP(=O)(O)OCC(COC(=O)CCCCCCCCC/C=C\C/C=C\C/C=C\CC)OC(=O)CCCCCCC/C=C\CCCC)OC(=O)CCCCCCC/C=C\CCCC. The lowest BCUT2D eigenvalue weighted by Gasteiger charge is -2.21. The molecule has 0 aromatic heterocycles. The first kappa shape index (κ1) is 92.0. The molecule has 0 saturated carbocycles. The average Bonchev–Trinajstić information content (AvgIpc) is 1.21. The first-order valence-corrected chi connectivity index (χ1v) is 40.5. The Kier molecular flexibility index (Phi) is 66.6. The Balaban J connectivity index is 5.28. The van der Waals surface area contributed by atoms with E-state index in [1.165, 1.54) is 25.7 Å². The molecule has 0 aliphatic carbocycles. The van der Waals surface area contributed by atoms with Crippen LogP contribution in [-0.4, -0.2) is 96.7 Å². The number of hydrogen-bond acceptors (Lipinski definition) is 15. The number of aliphatic hydroxyl groups excluding tert-OH is 1. The van der Waals surface area contributed by atoms with Gasteiger partial charge in [0.05, 0.1) is 26.4 Å². The van der Waals surface area contributed by atoms with E-state index in [0.29, 0.717) is 25.7 Å². The summed E-state index contributed by atoms with van der Waals surface area (Å²) in [5.41, 5.74) is 0. The van der Waals surface area contributed by atoms with Gasteiger partial charge in [0.1, 0.15) is 19.3 Å². The number of aliphatic hydroxyl groups is 1. The van der Waals surface area contributed by atoms with E-state index >= 15 is 0 Å². The van der Waals surface area contributed by atoms with Crippen molar-refractivity contribution in [2.24, 2.45) is 0 Å². The quantitative estimate of drug-likeness (QED) is 0.0169. The van der Waals surface area contributed by atoms with Crippen LogP contribution in [0.5, 0.6) is 0 Å². The van der Waals surface area contributed by atoms with Gasteiger partial charge in [-0.2, -0.15) is 0 Å². The fraction of sp³-hybridized carbons (Fsp3) is 0.740. The molecule has 3 N–H and O–H groups in total. The van der Waals surface area contributed by atoms with Crippen LogP contribution in [0.4, 0.5) is 0 Å². The summed E-state index contributed by atoms with van der Waals surface area (Å²) in [5, 5.41) is 10.6. The van der Waals surface area contributed by atoms with Gasteiger partial charge in [0.25, 0.3) is 0 Å². The van der Waals surface area contributed by atoms with E-state index in [0.717, 1.165) is 205 Å². The van der Waals surface area contributed by atoms with E-state index in [9.17, 15) is 43.2 Å². The van der Waals surface area contributed by atoms with Crippen molar-refractivity contribution in [1.29, 1.82) is 0 Å². The van der Waals surface area contributed by atoms with Crippen molar-refractivity contribution >= 4 is 39.5 Å².